The van der Waals surface area contributed by atoms with Crippen LogP contribution in [0.5, 0.6) is 144 Å². The van der Waals surface area contributed by atoms with Crippen molar-refractivity contribution in [3.8, 4) is 144 Å². The zero-order valence-corrected chi connectivity index (χ0v) is 53.6. The molecule has 25 N–H and O–H groups in total. The van der Waals surface area contributed by atoms with Crippen LogP contribution in [0.1, 0.15) is 132 Å². The van der Waals surface area contributed by atoms with E-state index in [0.29, 0.717) is 6.07 Å². The summed E-state index contributed by atoms with van der Waals surface area (Å²) in [5.41, 5.74) is -5.85. The van der Waals surface area contributed by atoms with Crippen molar-refractivity contribution in [1.29, 1.82) is 0 Å². The number of phenolic OH excluding ortho intramolecular Hbond substituents is 20. The maximum Gasteiger partial charge on any atom is 0.157 e. The highest BCUT2D eigenvalue weighted by molar-refractivity contribution is 5.75. The number of phenols is 20. The lowest BCUT2D eigenvalue weighted by Crippen LogP contribution is -2.39. The number of fused-ring (bicyclic) bond motifs is 5. The van der Waals surface area contributed by atoms with E-state index in [9.17, 15) is 128 Å². The highest BCUT2D eigenvalue weighted by atomic mass is 16.5. The first-order valence-corrected chi connectivity index (χ1v) is 32.1. The molecule has 0 bridgehead atoms. The lowest BCUT2D eigenvalue weighted by Gasteiger charge is -2.44. The standard InChI is InChI=1S/C75H62O30/c76-28-16-41(88)51-48(17-28)101-70(24-2-7-31(78)37(84)12-24)65(97)59(51)52-45(92)21-49-57(63(52)95)60(66(98)71(102-49)25-3-8-32(79)38(85)13-25)53-46(93)22-50-58(64(53)96)62(68(100)72(103-50)26-4-9-33(80)39(86)14-26)56-44(91)20-43(90)55-61(67(99)73(105-75(55)56)27-5-10-34(81)40(87)15-27)54-42(89)19-35(82)29-18-47(94)69(104-74(29)54)23-1-6-30(77)36(83)11-23/h1-17,19-22,47,59-62,65-73,76-100H,18H2. The normalized spacial score (nSPS) is 24.2. The van der Waals surface area contributed by atoms with Gasteiger partial charge in [-0.1, -0.05) is 30.3 Å². The van der Waals surface area contributed by atoms with Crippen molar-refractivity contribution in [2.45, 2.75) is 91.1 Å². The van der Waals surface area contributed by atoms with Gasteiger partial charge in [0.1, 0.15) is 117 Å². The first-order chi connectivity index (χ1) is 49.9. The summed E-state index contributed by atoms with van der Waals surface area (Å²) in [7, 11) is 0. The average Bonchev–Trinajstić information content (AvgIpc) is 0.708. The predicted molar refractivity (Wildman–Crippen MR) is 356 cm³/mol. The SMILES string of the molecule is Oc1cc(O)c2c(c1)OC(c1ccc(O)c(O)c1)C(O)C2c1c(O)cc2c(c1O)C(c1c(O)cc3c(c1O)C(c1c(O)cc(O)c4c1OC(c1ccc(O)c(O)c1)C(O)C4c1c(O)cc(O)c4c1OC(c1ccc(O)c(O)c1)C(O)C4)C(O)C(c1ccc(O)c(O)c1)O3)C(O)C(c1ccc(O)c(O)c1)O2. The van der Waals surface area contributed by atoms with Gasteiger partial charge in [-0.05, 0) is 88.5 Å². The van der Waals surface area contributed by atoms with Gasteiger partial charge in [-0.2, -0.15) is 0 Å². The monoisotopic (exact) mass is 1440 g/mol. The summed E-state index contributed by atoms with van der Waals surface area (Å²) in [6, 6.07) is 21.2. The molecule has 0 saturated carbocycles. The number of rotatable bonds is 9. The summed E-state index contributed by atoms with van der Waals surface area (Å²) in [4.78, 5) is 0. The average molecular weight is 1440 g/mol. The van der Waals surface area contributed by atoms with Gasteiger partial charge >= 0.3 is 0 Å². The molecule has 14 unspecified atom stereocenters. The van der Waals surface area contributed by atoms with Gasteiger partial charge in [-0.25, -0.2) is 0 Å². The molecule has 0 radical (unpaired) electrons. The third-order valence-corrected chi connectivity index (χ3v) is 20.2. The topological polar surface area (TPSA) is 552 Å². The van der Waals surface area contributed by atoms with Gasteiger partial charge < -0.3 is 151 Å². The third-order valence-electron chi connectivity index (χ3n) is 20.2. The van der Waals surface area contributed by atoms with Gasteiger partial charge in [0.2, 0.25) is 0 Å². The molecule has 542 valence electrons. The Balaban J connectivity index is 0.987. The molecule has 5 aliphatic heterocycles. The van der Waals surface area contributed by atoms with Crippen molar-refractivity contribution in [3.63, 3.8) is 0 Å². The second kappa shape index (κ2) is 24.6. The predicted octanol–water partition coefficient (Wildman–Crippen LogP) is 7.34. The molecular formula is C75H62O30. The molecule has 5 heterocycles. The zero-order valence-electron chi connectivity index (χ0n) is 53.6. The number of ether oxygens (including phenoxy) is 5. The highest BCUT2D eigenvalue weighted by Crippen LogP contribution is 2.66. The van der Waals surface area contributed by atoms with Crippen LogP contribution in [0.3, 0.4) is 0 Å². The van der Waals surface area contributed by atoms with E-state index in [1.807, 2.05) is 0 Å². The van der Waals surface area contributed by atoms with Gasteiger partial charge in [-0.15, -0.1) is 0 Å². The van der Waals surface area contributed by atoms with Crippen LogP contribution < -0.4 is 23.7 Å². The summed E-state index contributed by atoms with van der Waals surface area (Å²) in [6.07, 6.45) is -19.7. The molecule has 0 fully saturated rings. The van der Waals surface area contributed by atoms with Crippen LogP contribution in [0.4, 0.5) is 0 Å². The van der Waals surface area contributed by atoms with Crippen molar-refractivity contribution in [2.24, 2.45) is 0 Å². The quantitative estimate of drug-likeness (QED) is 0.0628. The second-order valence-corrected chi connectivity index (χ2v) is 26.3. The zero-order chi connectivity index (χ0) is 74.7. The van der Waals surface area contributed by atoms with Crippen LogP contribution in [0.25, 0.3) is 0 Å². The summed E-state index contributed by atoms with van der Waals surface area (Å²) < 4.78 is 32.1. The Kier molecular flexibility index (Phi) is 15.9. The molecule has 14 atom stereocenters. The minimum atomic E-state index is -2.31. The Bertz CT molecular complexity index is 5270. The molecule has 105 heavy (non-hydrogen) atoms. The Labute approximate surface area is 589 Å². The van der Waals surface area contributed by atoms with Gasteiger partial charge in [0.15, 0.2) is 81.9 Å². The molecule has 30 nitrogen and oxygen atoms in total. The van der Waals surface area contributed by atoms with Crippen molar-refractivity contribution >= 4 is 0 Å². The van der Waals surface area contributed by atoms with E-state index < -0.39 is 274 Å². The number of hydrogen-bond donors (Lipinski definition) is 25. The molecule has 10 aromatic rings. The number of aromatic hydroxyl groups is 20. The molecule has 5 aliphatic rings. The molecule has 0 saturated heterocycles. The van der Waals surface area contributed by atoms with Crippen LogP contribution in [0, 0.1) is 0 Å². The van der Waals surface area contributed by atoms with E-state index in [1.165, 1.54) is 30.3 Å². The molecule has 0 spiro atoms. The van der Waals surface area contributed by atoms with E-state index in [-0.39, 0.29) is 39.1 Å². The van der Waals surface area contributed by atoms with Crippen molar-refractivity contribution in [2.75, 3.05) is 0 Å². The minimum Gasteiger partial charge on any atom is -0.508 e. The maximum atomic E-state index is 13.7. The molecular weight excluding hydrogens is 1380 g/mol. The fourth-order valence-corrected chi connectivity index (χ4v) is 15.4. The van der Waals surface area contributed by atoms with Crippen LogP contribution >= 0.6 is 0 Å². The number of aliphatic hydroxyl groups is 5. The lowest BCUT2D eigenvalue weighted by molar-refractivity contribution is -0.00599. The Morgan fingerprint density at radius 3 is 0.895 bits per heavy atom. The molecule has 0 aliphatic carbocycles. The third kappa shape index (κ3) is 10.7. The van der Waals surface area contributed by atoms with Gasteiger partial charge in [0.05, 0.1) is 29.8 Å². The van der Waals surface area contributed by atoms with Gasteiger partial charge in [0, 0.05) is 92.9 Å². The Hall–Kier alpha value is -13.0. The van der Waals surface area contributed by atoms with Gasteiger partial charge in [0.25, 0.3) is 0 Å². The van der Waals surface area contributed by atoms with E-state index in [1.54, 1.807) is 0 Å². The Morgan fingerprint density at radius 1 is 0.229 bits per heavy atom. The number of benzene rings is 10. The van der Waals surface area contributed by atoms with Crippen LogP contribution in [0.2, 0.25) is 0 Å². The van der Waals surface area contributed by atoms with Crippen molar-refractivity contribution in [1.82, 2.24) is 0 Å². The molecule has 10 aromatic carbocycles. The maximum absolute atomic E-state index is 13.7. The van der Waals surface area contributed by atoms with E-state index >= 15 is 0 Å². The van der Waals surface area contributed by atoms with E-state index in [0.717, 1.165) is 91.0 Å². The van der Waals surface area contributed by atoms with E-state index in [2.05, 4.69) is 0 Å². The fraction of sp³-hybridized carbons (Fsp3) is 0.200. The number of aliphatic hydroxyl groups excluding tert-OH is 5. The minimum absolute atomic E-state index is 0.0287. The number of hydrogen-bond acceptors (Lipinski definition) is 30. The van der Waals surface area contributed by atoms with Crippen LogP contribution in [0.15, 0.2) is 127 Å². The van der Waals surface area contributed by atoms with Crippen LogP contribution in [-0.4, -0.2) is 158 Å². The first kappa shape index (κ1) is 67.8. The lowest BCUT2D eigenvalue weighted by atomic mass is 9.71. The largest absolute Gasteiger partial charge is 0.508 e. The Morgan fingerprint density at radius 2 is 0.514 bits per heavy atom. The first-order valence-electron chi connectivity index (χ1n) is 32.1. The smallest absolute Gasteiger partial charge is 0.157 e. The van der Waals surface area contributed by atoms with Gasteiger partial charge in [-0.3, -0.25) is 0 Å². The van der Waals surface area contributed by atoms with Crippen molar-refractivity contribution < 1.29 is 151 Å². The summed E-state index contributed by atoms with van der Waals surface area (Å²) in [5, 5.41) is 294. The molecule has 15 rings (SSSR count). The van der Waals surface area contributed by atoms with E-state index in [4.69, 9.17) is 23.7 Å². The fourth-order valence-electron chi connectivity index (χ4n) is 15.4. The summed E-state index contributed by atoms with van der Waals surface area (Å²) >= 11 is 0. The molecule has 0 aromatic heterocycles. The van der Waals surface area contributed by atoms with Crippen LogP contribution in [-0.2, 0) is 6.42 Å². The summed E-state index contributed by atoms with van der Waals surface area (Å²) in [6.45, 7) is 0. The second-order valence-electron chi connectivity index (χ2n) is 26.3. The van der Waals surface area contributed by atoms with Crippen molar-refractivity contribution in [3.05, 3.63) is 205 Å². The molecule has 0 amide bonds. The summed E-state index contributed by atoms with van der Waals surface area (Å²) in [5.74, 6) is -27.2. The molecule has 30 heteroatoms. The highest BCUT2D eigenvalue weighted by Gasteiger charge is 2.54.